The summed E-state index contributed by atoms with van der Waals surface area (Å²) in [7, 11) is 1.57. The largest absolute Gasteiger partial charge is 0.385 e. The fraction of sp³-hybridized carbons (Fsp3) is 0.345. The molecule has 346 valence electrons. The topological polar surface area (TPSA) is 113 Å². The van der Waals surface area contributed by atoms with Crippen molar-refractivity contribution in [2.24, 2.45) is 0 Å². The van der Waals surface area contributed by atoms with Crippen molar-refractivity contribution < 1.29 is 52.5 Å². The van der Waals surface area contributed by atoms with Crippen LogP contribution < -0.4 is 0 Å². The van der Waals surface area contributed by atoms with Crippen LogP contribution in [-0.4, -0.2) is 86.8 Å². The highest BCUT2D eigenvalue weighted by molar-refractivity contribution is 5.18. The molecular formula is C55H60O11. The first kappa shape index (κ1) is 47.4. The molecule has 11 heteroatoms. The van der Waals surface area contributed by atoms with Crippen LogP contribution in [0.25, 0.3) is 0 Å². The smallest absolute Gasteiger partial charge is 0.187 e. The first-order valence-electron chi connectivity index (χ1n) is 22.6. The van der Waals surface area contributed by atoms with Crippen LogP contribution in [0.3, 0.4) is 0 Å². The molecule has 2 aliphatic heterocycles. The van der Waals surface area contributed by atoms with Crippen LogP contribution in [0.2, 0.25) is 0 Å². The van der Waals surface area contributed by atoms with E-state index in [0.29, 0.717) is 13.2 Å². The van der Waals surface area contributed by atoms with Crippen molar-refractivity contribution >= 4 is 0 Å². The maximum atomic E-state index is 12.6. The Morgan fingerprint density at radius 1 is 0.364 bits per heavy atom. The third-order valence-corrected chi connectivity index (χ3v) is 11.7. The Morgan fingerprint density at radius 2 is 0.667 bits per heavy atom. The number of rotatable bonds is 23. The fourth-order valence-corrected chi connectivity index (χ4v) is 8.22. The molecule has 1 N–H and O–H groups in total. The molecule has 6 aromatic carbocycles. The van der Waals surface area contributed by atoms with Gasteiger partial charge in [-0.3, -0.25) is 0 Å². The van der Waals surface area contributed by atoms with Crippen molar-refractivity contribution in [1.29, 1.82) is 0 Å². The minimum Gasteiger partial charge on any atom is -0.385 e. The van der Waals surface area contributed by atoms with Gasteiger partial charge in [0, 0.05) is 7.11 Å². The van der Waals surface area contributed by atoms with Crippen LogP contribution in [0.4, 0.5) is 0 Å². The summed E-state index contributed by atoms with van der Waals surface area (Å²) in [6.07, 6.45) is -9.26. The number of aliphatic hydroxyl groups is 1. The number of ether oxygens (including phenoxy) is 10. The molecule has 0 unspecified atom stereocenters. The number of aliphatic hydroxyl groups excluding tert-OH is 1. The zero-order chi connectivity index (χ0) is 45.2. The number of methoxy groups -OCH3 is 1. The van der Waals surface area contributed by atoms with E-state index >= 15 is 0 Å². The maximum Gasteiger partial charge on any atom is 0.187 e. The lowest BCUT2D eigenvalue weighted by Crippen LogP contribution is -2.66. The minimum absolute atomic E-state index is 0.110. The van der Waals surface area contributed by atoms with Crippen molar-refractivity contribution in [3.8, 4) is 0 Å². The van der Waals surface area contributed by atoms with Gasteiger partial charge in [-0.15, -0.1) is 0 Å². The first-order valence-corrected chi connectivity index (χ1v) is 22.6. The van der Waals surface area contributed by atoms with E-state index in [9.17, 15) is 5.11 Å². The molecule has 0 aromatic heterocycles. The van der Waals surface area contributed by atoms with E-state index in [1.54, 1.807) is 7.11 Å². The Balaban J connectivity index is 1.13. The lowest BCUT2D eigenvalue weighted by Gasteiger charge is -2.49. The minimum atomic E-state index is -1.35. The predicted molar refractivity (Wildman–Crippen MR) is 247 cm³/mol. The monoisotopic (exact) mass is 896 g/mol. The van der Waals surface area contributed by atoms with Gasteiger partial charge in [0.15, 0.2) is 12.6 Å². The molecule has 8 rings (SSSR count). The molecule has 66 heavy (non-hydrogen) atoms. The standard InChI is InChI=1S/C55H60O11/c1-57-55-53(63-37-45-30-18-7-19-31-45)52(50(61-35-43-26-14-5-15-27-43)47(65-55)39-59-33-41-22-10-3-11-23-41)66-54-48(56)51(62-36-44-28-16-6-17-29-44)49(60-34-42-24-12-4-13-25-42)46(64-54)38-58-32-40-20-8-2-9-21-40/h2-31,46-56H,32-39H2,1H3/t46-,47-,48+,49-,50-,51-,52+,53-,54-,55+/m1/s1. The molecule has 11 nitrogen and oxygen atoms in total. The summed E-state index contributed by atoms with van der Waals surface area (Å²) in [6, 6.07) is 59.4. The molecule has 2 heterocycles. The molecule has 0 spiro atoms. The second-order valence-corrected chi connectivity index (χ2v) is 16.5. The van der Waals surface area contributed by atoms with E-state index in [-0.39, 0.29) is 39.6 Å². The van der Waals surface area contributed by atoms with Crippen LogP contribution in [0.1, 0.15) is 33.4 Å². The predicted octanol–water partition coefficient (Wildman–Crippen LogP) is 8.60. The first-order chi connectivity index (χ1) is 32.6. The van der Waals surface area contributed by atoms with Gasteiger partial charge in [-0.1, -0.05) is 182 Å². The van der Waals surface area contributed by atoms with Crippen molar-refractivity contribution in [3.63, 3.8) is 0 Å². The van der Waals surface area contributed by atoms with E-state index in [4.69, 9.17) is 47.4 Å². The summed E-state index contributed by atoms with van der Waals surface area (Å²) in [5.41, 5.74) is 5.81. The van der Waals surface area contributed by atoms with E-state index in [2.05, 4.69) is 0 Å². The average Bonchev–Trinajstić information content (AvgIpc) is 3.37. The van der Waals surface area contributed by atoms with Crippen molar-refractivity contribution in [2.45, 2.75) is 101 Å². The lowest BCUT2D eigenvalue weighted by molar-refractivity contribution is -0.373. The number of benzene rings is 6. The van der Waals surface area contributed by atoms with E-state index < -0.39 is 61.4 Å². The molecule has 0 saturated carbocycles. The van der Waals surface area contributed by atoms with Gasteiger partial charge in [-0.05, 0) is 33.4 Å². The fourth-order valence-electron chi connectivity index (χ4n) is 8.22. The van der Waals surface area contributed by atoms with Gasteiger partial charge in [0.1, 0.15) is 48.8 Å². The summed E-state index contributed by atoms with van der Waals surface area (Å²) >= 11 is 0. The Labute approximate surface area is 388 Å². The van der Waals surface area contributed by atoms with E-state index in [0.717, 1.165) is 33.4 Å². The molecule has 2 fully saturated rings. The molecule has 0 radical (unpaired) electrons. The average molecular weight is 897 g/mol. The van der Waals surface area contributed by atoms with Gasteiger partial charge in [-0.2, -0.15) is 0 Å². The van der Waals surface area contributed by atoms with Gasteiger partial charge in [0.2, 0.25) is 0 Å². The third-order valence-electron chi connectivity index (χ3n) is 11.7. The zero-order valence-electron chi connectivity index (χ0n) is 37.3. The second-order valence-electron chi connectivity index (χ2n) is 16.5. The van der Waals surface area contributed by atoms with Crippen molar-refractivity contribution in [1.82, 2.24) is 0 Å². The molecule has 2 aliphatic rings. The van der Waals surface area contributed by atoms with Crippen LogP contribution >= 0.6 is 0 Å². The second kappa shape index (κ2) is 25.1. The summed E-state index contributed by atoms with van der Waals surface area (Å²) in [5.74, 6) is 0. The van der Waals surface area contributed by atoms with Crippen molar-refractivity contribution in [2.75, 3.05) is 20.3 Å². The molecule has 10 atom stereocenters. The van der Waals surface area contributed by atoms with E-state index in [1.165, 1.54) is 0 Å². The maximum absolute atomic E-state index is 12.6. The van der Waals surface area contributed by atoms with Crippen molar-refractivity contribution in [3.05, 3.63) is 215 Å². The molecule has 6 aromatic rings. The van der Waals surface area contributed by atoms with Gasteiger partial charge in [0.25, 0.3) is 0 Å². The highest BCUT2D eigenvalue weighted by atomic mass is 16.8. The van der Waals surface area contributed by atoms with Crippen LogP contribution in [0.5, 0.6) is 0 Å². The van der Waals surface area contributed by atoms with Gasteiger partial charge in [0.05, 0.1) is 52.9 Å². The zero-order valence-corrected chi connectivity index (χ0v) is 37.3. The van der Waals surface area contributed by atoms with Gasteiger partial charge < -0.3 is 52.5 Å². The van der Waals surface area contributed by atoms with E-state index in [1.807, 2.05) is 182 Å². The molecule has 2 saturated heterocycles. The Kier molecular flexibility index (Phi) is 18.0. The Bertz CT molecular complexity index is 2220. The quantitative estimate of drug-likeness (QED) is 0.0668. The van der Waals surface area contributed by atoms with Gasteiger partial charge in [-0.25, -0.2) is 0 Å². The molecule has 0 bridgehead atoms. The molecular weight excluding hydrogens is 837 g/mol. The summed E-state index contributed by atoms with van der Waals surface area (Å²) in [6.45, 7) is 1.84. The summed E-state index contributed by atoms with van der Waals surface area (Å²) in [5, 5.41) is 12.6. The SMILES string of the molecule is CO[C@H]1O[C@H](COCc2ccccc2)[C@@H](OCc2ccccc2)[C@H](O[C@H]2O[C@H](COCc3ccccc3)[C@@H](OCc3ccccc3)[C@H](OCc3ccccc3)[C@@H]2O)[C@H]1OCc1ccccc1. The Hall–Kier alpha value is -5.12. The van der Waals surface area contributed by atoms with Crippen LogP contribution in [-0.2, 0) is 87.0 Å². The number of hydrogen-bond donors (Lipinski definition) is 1. The summed E-state index contributed by atoms with van der Waals surface area (Å²) < 4.78 is 66.4. The third kappa shape index (κ3) is 13.5. The lowest BCUT2D eigenvalue weighted by atomic mass is 9.96. The molecule has 0 amide bonds. The highest BCUT2D eigenvalue weighted by Gasteiger charge is 2.54. The molecule has 0 aliphatic carbocycles. The Morgan fingerprint density at radius 3 is 1.03 bits per heavy atom. The van der Waals surface area contributed by atoms with Gasteiger partial charge >= 0.3 is 0 Å². The van der Waals surface area contributed by atoms with Crippen LogP contribution in [0, 0.1) is 0 Å². The summed E-state index contributed by atoms with van der Waals surface area (Å²) in [4.78, 5) is 0. The number of hydrogen-bond acceptors (Lipinski definition) is 11. The van der Waals surface area contributed by atoms with Crippen LogP contribution in [0.15, 0.2) is 182 Å². The normalized spacial score (nSPS) is 25.4. The highest BCUT2D eigenvalue weighted by Crippen LogP contribution is 2.35.